The summed E-state index contributed by atoms with van der Waals surface area (Å²) < 4.78 is 24.9. The van der Waals surface area contributed by atoms with Gasteiger partial charge < -0.3 is 14.8 Å². The van der Waals surface area contributed by atoms with E-state index >= 15 is 0 Å². The number of nitrogens with one attached hydrogen (secondary N) is 1. The van der Waals surface area contributed by atoms with Crippen molar-refractivity contribution in [2.24, 2.45) is 0 Å². The Kier molecular flexibility index (Phi) is 3.79. The van der Waals surface area contributed by atoms with E-state index in [4.69, 9.17) is 9.47 Å². The van der Waals surface area contributed by atoms with Crippen molar-refractivity contribution in [3.05, 3.63) is 45.9 Å². The lowest BCUT2D eigenvalue weighted by molar-refractivity contribution is -0.0172. The average molecular weight is 340 g/mol. The van der Waals surface area contributed by atoms with Crippen molar-refractivity contribution in [1.29, 1.82) is 0 Å². The fourth-order valence-corrected chi connectivity index (χ4v) is 2.17. The van der Waals surface area contributed by atoms with Crippen molar-refractivity contribution in [2.75, 3.05) is 12.1 Å². The maximum atomic E-state index is 13.6. The lowest BCUT2D eigenvalue weighted by Crippen LogP contribution is -2.15. The van der Waals surface area contributed by atoms with Crippen molar-refractivity contribution >= 4 is 21.9 Å². The van der Waals surface area contributed by atoms with Gasteiger partial charge in [-0.2, -0.15) is 0 Å². The SMILES string of the molecule is Fc1cc(CNc2ncc(Br)cn2)c2c(c1)COCO2. The molecule has 5 nitrogen and oxygen atoms in total. The molecule has 0 fully saturated rings. The molecule has 1 N–H and O–H groups in total. The van der Waals surface area contributed by atoms with E-state index in [0.717, 1.165) is 10.0 Å². The van der Waals surface area contributed by atoms with Crippen LogP contribution < -0.4 is 10.1 Å². The van der Waals surface area contributed by atoms with Gasteiger partial charge in [0.25, 0.3) is 0 Å². The zero-order valence-electron chi connectivity index (χ0n) is 10.4. The highest BCUT2D eigenvalue weighted by atomic mass is 79.9. The van der Waals surface area contributed by atoms with E-state index in [9.17, 15) is 4.39 Å². The predicted octanol–water partition coefficient (Wildman–Crippen LogP) is 2.86. The Balaban J connectivity index is 1.80. The van der Waals surface area contributed by atoms with E-state index in [1.54, 1.807) is 12.4 Å². The van der Waals surface area contributed by atoms with Gasteiger partial charge in [0, 0.05) is 30.1 Å². The second-order valence-corrected chi connectivity index (χ2v) is 5.16. The molecule has 0 atom stereocenters. The maximum Gasteiger partial charge on any atom is 0.222 e. The minimum absolute atomic E-state index is 0.181. The topological polar surface area (TPSA) is 56.3 Å². The highest BCUT2D eigenvalue weighted by molar-refractivity contribution is 9.10. The Labute approximate surface area is 123 Å². The summed E-state index contributed by atoms with van der Waals surface area (Å²) in [6, 6.07) is 2.87. The van der Waals surface area contributed by atoms with Gasteiger partial charge in [0.1, 0.15) is 11.6 Å². The van der Waals surface area contributed by atoms with Crippen LogP contribution in [0, 0.1) is 5.82 Å². The Morgan fingerprint density at radius 1 is 1.30 bits per heavy atom. The van der Waals surface area contributed by atoms with Gasteiger partial charge in [0.2, 0.25) is 5.95 Å². The molecule has 1 aliphatic heterocycles. The number of nitrogens with zero attached hydrogens (tertiary/aromatic N) is 2. The van der Waals surface area contributed by atoms with Crippen LogP contribution >= 0.6 is 15.9 Å². The Bertz CT molecular complexity index is 622. The molecule has 3 rings (SSSR count). The Morgan fingerprint density at radius 2 is 2.10 bits per heavy atom. The molecule has 20 heavy (non-hydrogen) atoms. The number of rotatable bonds is 3. The van der Waals surface area contributed by atoms with E-state index in [1.807, 2.05) is 0 Å². The molecular weight excluding hydrogens is 329 g/mol. The summed E-state index contributed by atoms with van der Waals surface area (Å²) in [6.45, 7) is 0.914. The third-order valence-electron chi connectivity index (χ3n) is 2.81. The number of aromatic nitrogens is 2. The van der Waals surface area contributed by atoms with E-state index in [0.29, 0.717) is 30.4 Å². The summed E-state index contributed by atoms with van der Waals surface area (Å²) in [7, 11) is 0. The normalized spacial score (nSPS) is 13.5. The second kappa shape index (κ2) is 5.72. The predicted molar refractivity (Wildman–Crippen MR) is 73.7 cm³/mol. The Hall–Kier alpha value is -1.73. The molecule has 0 bridgehead atoms. The lowest BCUT2D eigenvalue weighted by Gasteiger charge is -2.21. The number of ether oxygens (including phenoxy) is 2. The number of hydrogen-bond acceptors (Lipinski definition) is 5. The summed E-state index contributed by atoms with van der Waals surface area (Å²) in [5.41, 5.74) is 1.43. The van der Waals surface area contributed by atoms with Gasteiger partial charge in [0.15, 0.2) is 6.79 Å². The van der Waals surface area contributed by atoms with Crippen LogP contribution in [-0.4, -0.2) is 16.8 Å². The van der Waals surface area contributed by atoms with Crippen LogP contribution in [0.15, 0.2) is 29.0 Å². The molecule has 0 aliphatic carbocycles. The highest BCUT2D eigenvalue weighted by Gasteiger charge is 2.16. The fourth-order valence-electron chi connectivity index (χ4n) is 1.97. The quantitative estimate of drug-likeness (QED) is 0.931. The van der Waals surface area contributed by atoms with Crippen LogP contribution in [0.1, 0.15) is 11.1 Å². The summed E-state index contributed by atoms with van der Waals surface area (Å²) >= 11 is 3.26. The largest absolute Gasteiger partial charge is 0.467 e. The molecule has 0 saturated carbocycles. The van der Waals surface area contributed by atoms with Crippen LogP contribution in [0.25, 0.3) is 0 Å². The van der Waals surface area contributed by atoms with Crippen LogP contribution in [-0.2, 0) is 17.9 Å². The molecule has 7 heteroatoms. The van der Waals surface area contributed by atoms with E-state index in [1.165, 1.54) is 12.1 Å². The van der Waals surface area contributed by atoms with Gasteiger partial charge in [-0.3, -0.25) is 0 Å². The third kappa shape index (κ3) is 2.88. The molecule has 0 saturated heterocycles. The summed E-state index contributed by atoms with van der Waals surface area (Å²) in [4.78, 5) is 8.20. The monoisotopic (exact) mass is 339 g/mol. The van der Waals surface area contributed by atoms with Crippen LogP contribution in [0.3, 0.4) is 0 Å². The zero-order valence-corrected chi connectivity index (χ0v) is 12.0. The number of benzene rings is 1. The molecule has 0 unspecified atom stereocenters. The summed E-state index contributed by atoms with van der Waals surface area (Å²) in [5.74, 6) is 0.826. The first-order chi connectivity index (χ1) is 9.72. The van der Waals surface area contributed by atoms with Crippen LogP contribution in [0.4, 0.5) is 10.3 Å². The van der Waals surface area contributed by atoms with Crippen molar-refractivity contribution in [3.63, 3.8) is 0 Å². The molecule has 0 spiro atoms. The number of halogens is 2. The van der Waals surface area contributed by atoms with Crippen molar-refractivity contribution in [2.45, 2.75) is 13.2 Å². The van der Waals surface area contributed by atoms with Gasteiger partial charge in [-0.25, -0.2) is 14.4 Å². The van der Waals surface area contributed by atoms with Gasteiger partial charge in [0.05, 0.1) is 11.1 Å². The van der Waals surface area contributed by atoms with Gasteiger partial charge in [-0.15, -0.1) is 0 Å². The minimum Gasteiger partial charge on any atom is -0.467 e. The zero-order chi connectivity index (χ0) is 13.9. The summed E-state index contributed by atoms with van der Waals surface area (Å²) in [5, 5.41) is 3.03. The first kappa shape index (κ1) is 13.3. The maximum absolute atomic E-state index is 13.6. The number of anilines is 1. The summed E-state index contributed by atoms with van der Waals surface area (Å²) in [6.07, 6.45) is 3.28. The Morgan fingerprint density at radius 3 is 2.90 bits per heavy atom. The number of fused-ring (bicyclic) bond motifs is 1. The molecule has 1 aromatic carbocycles. The molecule has 2 aromatic rings. The van der Waals surface area contributed by atoms with E-state index in [2.05, 4.69) is 31.2 Å². The molecule has 1 aromatic heterocycles. The molecule has 2 heterocycles. The molecular formula is C13H11BrFN3O2. The molecule has 104 valence electrons. The van der Waals surface area contributed by atoms with Gasteiger partial charge in [-0.05, 0) is 28.1 Å². The van der Waals surface area contributed by atoms with E-state index < -0.39 is 0 Å². The van der Waals surface area contributed by atoms with Crippen LogP contribution in [0.5, 0.6) is 5.75 Å². The highest BCUT2D eigenvalue weighted by Crippen LogP contribution is 2.29. The third-order valence-corrected chi connectivity index (χ3v) is 3.22. The first-order valence-electron chi connectivity index (χ1n) is 5.95. The van der Waals surface area contributed by atoms with Gasteiger partial charge >= 0.3 is 0 Å². The van der Waals surface area contributed by atoms with Crippen molar-refractivity contribution in [1.82, 2.24) is 9.97 Å². The number of hydrogen-bond donors (Lipinski definition) is 1. The minimum atomic E-state index is -0.314. The average Bonchev–Trinajstić information content (AvgIpc) is 2.46. The fraction of sp³-hybridized carbons (Fsp3) is 0.231. The smallest absolute Gasteiger partial charge is 0.222 e. The molecule has 0 amide bonds. The lowest BCUT2D eigenvalue weighted by atomic mass is 10.1. The standard InChI is InChI=1S/C13H11BrFN3O2/c14-10-4-17-13(18-5-10)16-3-8-1-11(15)2-9-6-19-7-20-12(8)9/h1-2,4-5H,3,6-7H2,(H,16,17,18). The van der Waals surface area contributed by atoms with Crippen molar-refractivity contribution < 1.29 is 13.9 Å². The van der Waals surface area contributed by atoms with E-state index in [-0.39, 0.29) is 12.6 Å². The molecule has 1 aliphatic rings. The molecule has 0 radical (unpaired) electrons. The van der Waals surface area contributed by atoms with Crippen LogP contribution in [0.2, 0.25) is 0 Å². The van der Waals surface area contributed by atoms with Crippen molar-refractivity contribution in [3.8, 4) is 5.75 Å². The van der Waals surface area contributed by atoms with Gasteiger partial charge in [-0.1, -0.05) is 0 Å². The second-order valence-electron chi connectivity index (χ2n) is 4.24. The first-order valence-corrected chi connectivity index (χ1v) is 6.75.